The monoisotopic (exact) mass is 333 g/mol. The Morgan fingerprint density at radius 3 is 2.96 bits per heavy atom. The highest BCUT2D eigenvalue weighted by atomic mass is 35.5. The second kappa shape index (κ2) is 8.33. The number of rotatable bonds is 5. The Bertz CT molecular complexity index is 596. The second-order valence-electron chi connectivity index (χ2n) is 6.37. The van der Waals surface area contributed by atoms with Crippen molar-refractivity contribution in [2.45, 2.75) is 33.1 Å². The summed E-state index contributed by atoms with van der Waals surface area (Å²) in [6, 6.07) is 7.70. The van der Waals surface area contributed by atoms with Gasteiger partial charge in [0.1, 0.15) is 0 Å². The number of anilines is 1. The highest BCUT2D eigenvalue weighted by Crippen LogP contribution is 2.23. The Morgan fingerprint density at radius 1 is 1.52 bits per heavy atom. The zero-order valence-electron chi connectivity index (χ0n) is 13.9. The van der Waals surface area contributed by atoms with Gasteiger partial charge in [-0.05, 0) is 56.0 Å². The molecule has 5 heteroatoms. The number of carbonyl (C=O) groups excluding carboxylic acids is 1. The van der Waals surface area contributed by atoms with Gasteiger partial charge in [0.25, 0.3) is 0 Å². The molecular weight excluding hydrogens is 310 g/mol. The Hall–Kier alpha value is -1.57. The third-order valence-electron chi connectivity index (χ3n) is 4.30. The van der Waals surface area contributed by atoms with Crippen molar-refractivity contribution in [3.8, 4) is 6.07 Å². The summed E-state index contributed by atoms with van der Waals surface area (Å²) in [5.41, 5.74) is 1.75. The van der Waals surface area contributed by atoms with E-state index in [1.54, 1.807) is 4.90 Å². The third kappa shape index (κ3) is 4.95. The predicted molar refractivity (Wildman–Crippen MR) is 93.6 cm³/mol. The van der Waals surface area contributed by atoms with E-state index in [1.165, 1.54) is 6.42 Å². The van der Waals surface area contributed by atoms with E-state index in [4.69, 9.17) is 16.9 Å². The Labute approximate surface area is 143 Å². The summed E-state index contributed by atoms with van der Waals surface area (Å²) in [5, 5.41) is 9.57. The van der Waals surface area contributed by atoms with Crippen LogP contribution in [0.15, 0.2) is 18.2 Å². The predicted octanol–water partition coefficient (Wildman–Crippen LogP) is 3.63. The van der Waals surface area contributed by atoms with Gasteiger partial charge in [-0.2, -0.15) is 5.26 Å². The van der Waals surface area contributed by atoms with Gasteiger partial charge in [0, 0.05) is 23.8 Å². The molecule has 1 aliphatic rings. The lowest BCUT2D eigenvalue weighted by Gasteiger charge is -2.32. The minimum Gasteiger partial charge on any atom is -0.310 e. The van der Waals surface area contributed by atoms with E-state index in [9.17, 15) is 4.79 Å². The minimum absolute atomic E-state index is 0.0519. The number of benzene rings is 1. The Morgan fingerprint density at radius 2 is 2.30 bits per heavy atom. The fourth-order valence-electron chi connectivity index (χ4n) is 3.06. The molecule has 0 aliphatic carbocycles. The van der Waals surface area contributed by atoms with Gasteiger partial charge in [0.2, 0.25) is 5.91 Å². The van der Waals surface area contributed by atoms with Gasteiger partial charge in [0.15, 0.2) is 0 Å². The maximum absolute atomic E-state index is 12.8. The molecule has 2 rings (SSSR count). The average molecular weight is 334 g/mol. The van der Waals surface area contributed by atoms with E-state index in [0.29, 0.717) is 30.5 Å². The smallest absolute Gasteiger partial charge is 0.241 e. The molecule has 0 unspecified atom stereocenters. The van der Waals surface area contributed by atoms with E-state index < -0.39 is 0 Å². The number of hydrogen-bond donors (Lipinski definition) is 0. The summed E-state index contributed by atoms with van der Waals surface area (Å²) in [4.78, 5) is 16.7. The van der Waals surface area contributed by atoms with Gasteiger partial charge >= 0.3 is 0 Å². The summed E-state index contributed by atoms with van der Waals surface area (Å²) in [5.74, 6) is 0.693. The van der Waals surface area contributed by atoms with E-state index in [0.717, 1.165) is 30.8 Å². The van der Waals surface area contributed by atoms with E-state index in [2.05, 4.69) is 17.9 Å². The molecule has 1 aliphatic heterocycles. The van der Waals surface area contributed by atoms with Gasteiger partial charge in [-0.25, -0.2) is 0 Å². The van der Waals surface area contributed by atoms with Crippen LogP contribution < -0.4 is 4.90 Å². The number of nitriles is 1. The van der Waals surface area contributed by atoms with Gasteiger partial charge in [0.05, 0.1) is 19.0 Å². The number of carbonyl (C=O) groups is 1. The van der Waals surface area contributed by atoms with Gasteiger partial charge in [-0.1, -0.05) is 18.5 Å². The molecule has 1 amide bonds. The first-order chi connectivity index (χ1) is 11.0. The molecule has 0 radical (unpaired) electrons. The van der Waals surface area contributed by atoms with Crippen LogP contribution in [0.5, 0.6) is 0 Å². The third-order valence-corrected chi connectivity index (χ3v) is 4.73. The van der Waals surface area contributed by atoms with E-state index >= 15 is 0 Å². The van der Waals surface area contributed by atoms with Crippen molar-refractivity contribution in [1.82, 2.24) is 4.90 Å². The molecule has 1 fully saturated rings. The molecule has 23 heavy (non-hydrogen) atoms. The van der Waals surface area contributed by atoms with Gasteiger partial charge < -0.3 is 4.90 Å². The first-order valence-corrected chi connectivity index (χ1v) is 8.55. The number of nitrogens with zero attached hydrogens (tertiary/aromatic N) is 3. The molecular formula is C18H24ClN3O. The lowest BCUT2D eigenvalue weighted by atomic mass is 10.0. The molecule has 4 nitrogen and oxygen atoms in total. The summed E-state index contributed by atoms with van der Waals surface area (Å²) >= 11 is 6.08. The zero-order chi connectivity index (χ0) is 16.8. The fourth-order valence-corrected chi connectivity index (χ4v) is 3.18. The molecule has 1 atom stereocenters. The number of amides is 1. The molecule has 0 spiro atoms. The second-order valence-corrected chi connectivity index (χ2v) is 6.78. The van der Waals surface area contributed by atoms with Crippen LogP contribution in [-0.4, -0.2) is 37.0 Å². The maximum Gasteiger partial charge on any atom is 0.241 e. The average Bonchev–Trinajstić information content (AvgIpc) is 2.51. The van der Waals surface area contributed by atoms with Crippen LogP contribution in [0.3, 0.4) is 0 Å². The van der Waals surface area contributed by atoms with Gasteiger partial charge in [-0.3, -0.25) is 9.69 Å². The Balaban J connectivity index is 2.11. The molecule has 0 N–H and O–H groups in total. The lowest BCUT2D eigenvalue weighted by Crippen LogP contribution is -2.44. The van der Waals surface area contributed by atoms with Gasteiger partial charge in [-0.15, -0.1) is 0 Å². The first-order valence-electron chi connectivity index (χ1n) is 8.17. The fraction of sp³-hybridized carbons (Fsp3) is 0.556. The van der Waals surface area contributed by atoms with Crippen LogP contribution in [-0.2, 0) is 4.79 Å². The highest BCUT2D eigenvalue weighted by Gasteiger charge is 2.22. The van der Waals surface area contributed by atoms with Crippen molar-refractivity contribution in [1.29, 1.82) is 5.26 Å². The number of halogens is 1. The molecule has 1 aromatic carbocycles. The number of aryl methyl sites for hydroxylation is 1. The molecule has 1 aromatic rings. The minimum atomic E-state index is 0.0519. The van der Waals surface area contributed by atoms with Crippen molar-refractivity contribution < 1.29 is 4.79 Å². The molecule has 1 saturated heterocycles. The van der Waals surface area contributed by atoms with Crippen LogP contribution in [0, 0.1) is 24.2 Å². The normalized spacial score (nSPS) is 18.4. The highest BCUT2D eigenvalue weighted by molar-refractivity contribution is 6.31. The zero-order valence-corrected chi connectivity index (χ0v) is 14.6. The van der Waals surface area contributed by atoms with E-state index in [1.807, 2.05) is 25.1 Å². The van der Waals surface area contributed by atoms with E-state index in [-0.39, 0.29) is 5.91 Å². The standard InChI is InChI=1S/C18H24ClN3O/c1-14-5-3-9-21(12-14)13-18(23)22(10-4-8-20)16-6-7-17(19)15(2)11-16/h6-7,11,14H,3-5,9-10,12-13H2,1-2H3/t14-/m1/s1. The molecule has 0 bridgehead atoms. The van der Waals surface area contributed by atoms with Crippen LogP contribution >= 0.6 is 11.6 Å². The van der Waals surface area contributed by atoms with Crippen molar-refractivity contribution in [2.24, 2.45) is 5.92 Å². The molecule has 0 aromatic heterocycles. The molecule has 124 valence electrons. The summed E-state index contributed by atoms with van der Waals surface area (Å²) in [6.45, 7) is 6.92. The van der Waals surface area contributed by atoms with Crippen LogP contribution in [0.25, 0.3) is 0 Å². The van der Waals surface area contributed by atoms with Crippen molar-refractivity contribution in [3.63, 3.8) is 0 Å². The summed E-state index contributed by atoms with van der Waals surface area (Å²) in [7, 11) is 0. The maximum atomic E-state index is 12.8. The van der Waals surface area contributed by atoms with Crippen molar-refractivity contribution in [2.75, 3.05) is 31.1 Å². The largest absolute Gasteiger partial charge is 0.310 e. The summed E-state index contributed by atoms with van der Waals surface area (Å²) in [6.07, 6.45) is 2.70. The molecule has 0 saturated carbocycles. The molecule has 1 heterocycles. The van der Waals surface area contributed by atoms with Crippen molar-refractivity contribution in [3.05, 3.63) is 28.8 Å². The topological polar surface area (TPSA) is 47.3 Å². The van der Waals surface area contributed by atoms with Crippen LogP contribution in [0.2, 0.25) is 5.02 Å². The number of likely N-dealkylation sites (tertiary alicyclic amines) is 1. The SMILES string of the molecule is Cc1cc(N(CCC#N)C(=O)CN2CCC[C@@H](C)C2)ccc1Cl. The number of piperidine rings is 1. The van der Waals surface area contributed by atoms with Crippen molar-refractivity contribution >= 4 is 23.2 Å². The summed E-state index contributed by atoms with van der Waals surface area (Å²) < 4.78 is 0. The number of hydrogen-bond acceptors (Lipinski definition) is 3. The first kappa shape index (κ1) is 17.8. The van der Waals surface area contributed by atoms with Crippen LogP contribution in [0.1, 0.15) is 31.7 Å². The Kier molecular flexibility index (Phi) is 6.44. The lowest BCUT2D eigenvalue weighted by molar-refractivity contribution is -0.120. The quantitative estimate of drug-likeness (QED) is 0.826. The van der Waals surface area contributed by atoms with Crippen LogP contribution in [0.4, 0.5) is 5.69 Å².